The molecule has 0 aliphatic carbocycles. The molecule has 1 fully saturated rings. The van der Waals surface area contributed by atoms with E-state index >= 15 is 0 Å². The lowest BCUT2D eigenvalue weighted by atomic mass is 10.1. The molecule has 2 aromatic heterocycles. The van der Waals surface area contributed by atoms with E-state index < -0.39 is 0 Å². The molecule has 0 radical (unpaired) electrons. The number of carbonyl (C=O) groups is 1. The average Bonchev–Trinajstić information content (AvgIpc) is 3.00. The Morgan fingerprint density at radius 1 is 1.16 bits per heavy atom. The van der Waals surface area contributed by atoms with Crippen LogP contribution in [-0.4, -0.2) is 31.1 Å². The van der Waals surface area contributed by atoms with Crippen LogP contribution in [0.15, 0.2) is 52.3 Å². The zero-order valence-corrected chi connectivity index (χ0v) is 19.1. The smallest absolute Gasteiger partial charge is 0.267 e. The topological polar surface area (TPSA) is 66.7 Å². The molecule has 0 bridgehead atoms. The molecular formula is C23H22N4O2S2. The second kappa shape index (κ2) is 8.64. The van der Waals surface area contributed by atoms with Crippen molar-refractivity contribution >= 4 is 51.7 Å². The predicted molar refractivity (Wildman–Crippen MR) is 130 cm³/mol. The number of thioether (sulfide) groups is 1. The molecule has 1 saturated heterocycles. The second-order valence-electron chi connectivity index (χ2n) is 7.35. The van der Waals surface area contributed by atoms with Gasteiger partial charge in [-0.3, -0.25) is 18.9 Å². The van der Waals surface area contributed by atoms with Crippen molar-refractivity contribution in [2.45, 2.75) is 27.3 Å². The first-order valence-corrected chi connectivity index (χ1v) is 11.2. The quantitative estimate of drug-likeness (QED) is 0.465. The fraction of sp³-hybridized carbons (Fsp3) is 0.217. The second-order valence-corrected chi connectivity index (χ2v) is 9.02. The summed E-state index contributed by atoms with van der Waals surface area (Å²) in [5.74, 6) is 0.261. The van der Waals surface area contributed by atoms with Gasteiger partial charge in [-0.15, -0.1) is 0 Å². The van der Waals surface area contributed by atoms with Gasteiger partial charge in [0.15, 0.2) is 0 Å². The molecule has 1 amide bonds. The van der Waals surface area contributed by atoms with E-state index in [4.69, 9.17) is 12.2 Å². The standard InChI is InChI=1S/C23H22N4O2S2/c1-4-24-19-17(21(28)26-11-5-6-15(3)20(26)25-19)12-18-22(29)27(23(30)31-18)13-16-9-7-14(2)8-10-16/h5-12,24H,4,13H2,1-3H3. The van der Waals surface area contributed by atoms with Gasteiger partial charge in [0.1, 0.15) is 15.8 Å². The lowest BCUT2D eigenvalue weighted by Crippen LogP contribution is -2.27. The third kappa shape index (κ3) is 4.13. The third-order valence-electron chi connectivity index (χ3n) is 5.04. The van der Waals surface area contributed by atoms with Gasteiger partial charge in [-0.1, -0.05) is 59.9 Å². The number of benzene rings is 1. The first-order chi connectivity index (χ1) is 14.9. The van der Waals surface area contributed by atoms with E-state index in [1.54, 1.807) is 17.2 Å². The number of amides is 1. The van der Waals surface area contributed by atoms with Crippen LogP contribution in [0.3, 0.4) is 0 Å². The Hall–Kier alpha value is -2.97. The monoisotopic (exact) mass is 450 g/mol. The number of fused-ring (bicyclic) bond motifs is 1. The van der Waals surface area contributed by atoms with Crippen LogP contribution in [0.1, 0.15) is 29.2 Å². The number of nitrogens with zero attached hydrogens (tertiary/aromatic N) is 3. The number of hydrogen-bond donors (Lipinski definition) is 1. The summed E-state index contributed by atoms with van der Waals surface area (Å²) < 4.78 is 1.99. The number of pyridine rings is 1. The van der Waals surface area contributed by atoms with E-state index in [1.807, 2.05) is 57.2 Å². The highest BCUT2D eigenvalue weighted by Crippen LogP contribution is 2.34. The van der Waals surface area contributed by atoms with E-state index in [0.717, 1.165) is 16.7 Å². The third-order valence-corrected chi connectivity index (χ3v) is 6.42. The van der Waals surface area contributed by atoms with Crippen molar-refractivity contribution in [2.24, 2.45) is 0 Å². The number of aromatic nitrogens is 2. The zero-order chi connectivity index (χ0) is 22.1. The van der Waals surface area contributed by atoms with Crippen LogP contribution in [0.4, 0.5) is 5.82 Å². The molecule has 0 atom stereocenters. The normalized spacial score (nSPS) is 15.3. The van der Waals surface area contributed by atoms with Crippen LogP contribution in [-0.2, 0) is 11.3 Å². The molecule has 0 spiro atoms. The SMILES string of the molecule is CCNc1nc2c(C)cccn2c(=O)c1C=C1SC(=S)N(Cc2ccc(C)cc2)C1=O. The van der Waals surface area contributed by atoms with Crippen molar-refractivity contribution in [3.63, 3.8) is 0 Å². The van der Waals surface area contributed by atoms with Gasteiger partial charge < -0.3 is 5.32 Å². The summed E-state index contributed by atoms with van der Waals surface area (Å²) in [4.78, 5) is 33.0. The van der Waals surface area contributed by atoms with Crippen LogP contribution in [0.2, 0.25) is 0 Å². The van der Waals surface area contributed by atoms with Crippen molar-refractivity contribution in [2.75, 3.05) is 11.9 Å². The Kier molecular flexibility index (Phi) is 5.93. The first-order valence-electron chi connectivity index (χ1n) is 9.95. The summed E-state index contributed by atoms with van der Waals surface area (Å²) >= 11 is 6.67. The van der Waals surface area contributed by atoms with Crippen LogP contribution in [0.5, 0.6) is 0 Å². The zero-order valence-electron chi connectivity index (χ0n) is 17.5. The summed E-state index contributed by atoms with van der Waals surface area (Å²) in [6.45, 7) is 6.87. The molecule has 4 rings (SSSR count). The van der Waals surface area contributed by atoms with Crippen LogP contribution in [0.25, 0.3) is 11.7 Å². The molecule has 1 aliphatic heterocycles. The minimum atomic E-state index is -0.228. The van der Waals surface area contributed by atoms with Crippen LogP contribution < -0.4 is 10.9 Å². The Balaban J connectivity index is 1.74. The van der Waals surface area contributed by atoms with E-state index in [2.05, 4.69) is 10.3 Å². The fourth-order valence-electron chi connectivity index (χ4n) is 3.39. The molecule has 0 unspecified atom stereocenters. The van der Waals surface area contributed by atoms with E-state index in [9.17, 15) is 9.59 Å². The maximum absolute atomic E-state index is 13.2. The average molecular weight is 451 g/mol. The highest BCUT2D eigenvalue weighted by atomic mass is 32.2. The first kappa shape index (κ1) is 21.3. The molecule has 1 N–H and O–H groups in total. The van der Waals surface area contributed by atoms with Crippen LogP contribution >= 0.6 is 24.0 Å². The van der Waals surface area contributed by atoms with Crippen molar-refractivity contribution in [3.05, 3.63) is 80.1 Å². The van der Waals surface area contributed by atoms with Gasteiger partial charge in [0.2, 0.25) is 0 Å². The Bertz CT molecular complexity index is 1280. The van der Waals surface area contributed by atoms with Gasteiger partial charge in [-0.25, -0.2) is 4.98 Å². The summed E-state index contributed by atoms with van der Waals surface area (Å²) in [6, 6.07) is 11.7. The summed E-state index contributed by atoms with van der Waals surface area (Å²) in [5, 5.41) is 3.16. The molecule has 158 valence electrons. The van der Waals surface area contributed by atoms with E-state index in [1.165, 1.54) is 16.2 Å². The molecule has 3 aromatic rings. The number of thiocarbonyl (C=S) groups is 1. The van der Waals surface area contributed by atoms with Crippen molar-refractivity contribution in [1.82, 2.24) is 14.3 Å². The van der Waals surface area contributed by atoms with E-state index in [-0.39, 0.29) is 11.5 Å². The molecule has 8 heteroatoms. The number of nitrogens with one attached hydrogen (secondary N) is 1. The van der Waals surface area contributed by atoms with Gasteiger partial charge in [-0.2, -0.15) is 0 Å². The predicted octanol–water partition coefficient (Wildman–Crippen LogP) is 4.14. The molecule has 1 aromatic carbocycles. The Morgan fingerprint density at radius 2 is 1.90 bits per heavy atom. The summed E-state index contributed by atoms with van der Waals surface area (Å²) in [6.07, 6.45) is 3.30. The highest BCUT2D eigenvalue weighted by Gasteiger charge is 2.32. The number of carbonyl (C=O) groups excluding carboxylic acids is 1. The molecular weight excluding hydrogens is 428 g/mol. The fourth-order valence-corrected chi connectivity index (χ4v) is 4.62. The number of anilines is 1. The largest absolute Gasteiger partial charge is 0.370 e. The Morgan fingerprint density at radius 3 is 2.61 bits per heavy atom. The molecule has 1 aliphatic rings. The summed E-state index contributed by atoms with van der Waals surface area (Å²) in [5.41, 5.74) is 3.76. The van der Waals surface area contributed by atoms with Crippen molar-refractivity contribution in [3.8, 4) is 0 Å². The van der Waals surface area contributed by atoms with E-state index in [0.29, 0.717) is 39.3 Å². The highest BCUT2D eigenvalue weighted by molar-refractivity contribution is 8.26. The van der Waals surface area contributed by atoms with Gasteiger partial charge in [-0.05, 0) is 44.0 Å². The molecule has 0 saturated carbocycles. The van der Waals surface area contributed by atoms with Gasteiger partial charge >= 0.3 is 0 Å². The van der Waals surface area contributed by atoms with Gasteiger partial charge in [0.05, 0.1) is 17.0 Å². The maximum atomic E-state index is 13.2. The minimum Gasteiger partial charge on any atom is -0.370 e. The molecule has 3 heterocycles. The lowest BCUT2D eigenvalue weighted by Gasteiger charge is -2.14. The van der Waals surface area contributed by atoms with Gasteiger partial charge in [0.25, 0.3) is 11.5 Å². The van der Waals surface area contributed by atoms with Gasteiger partial charge in [0, 0.05) is 12.7 Å². The lowest BCUT2D eigenvalue weighted by molar-refractivity contribution is -0.122. The Labute approximate surface area is 190 Å². The number of rotatable bonds is 5. The van der Waals surface area contributed by atoms with Crippen molar-refractivity contribution < 1.29 is 4.79 Å². The van der Waals surface area contributed by atoms with Crippen LogP contribution in [0, 0.1) is 13.8 Å². The summed E-state index contributed by atoms with van der Waals surface area (Å²) in [7, 11) is 0. The van der Waals surface area contributed by atoms with Crippen molar-refractivity contribution in [1.29, 1.82) is 0 Å². The number of hydrogen-bond acceptors (Lipinski definition) is 6. The molecule has 31 heavy (non-hydrogen) atoms. The minimum absolute atomic E-state index is 0.202. The molecule has 6 nitrogen and oxygen atoms in total. The maximum Gasteiger partial charge on any atom is 0.267 e. The number of aryl methyl sites for hydroxylation is 2.